The number of rotatable bonds is 3. The average Bonchev–Trinajstić information content (AvgIpc) is 2.06. The summed E-state index contributed by atoms with van der Waals surface area (Å²) in [6, 6.07) is 7.61. The van der Waals surface area contributed by atoms with Crippen molar-refractivity contribution >= 4 is 11.8 Å². The number of hydrogen-bond acceptors (Lipinski definition) is 3. The predicted octanol–water partition coefficient (Wildman–Crippen LogP) is 1.74. The highest BCUT2D eigenvalue weighted by Gasteiger charge is 1.98. The first-order chi connectivity index (χ1) is 5.38. The highest BCUT2D eigenvalue weighted by molar-refractivity contribution is 7.98. The van der Waals surface area contributed by atoms with E-state index >= 15 is 0 Å². The van der Waals surface area contributed by atoms with E-state index in [1.54, 1.807) is 11.8 Å². The Morgan fingerprint density at radius 1 is 1.45 bits per heavy atom. The second-order valence-corrected chi connectivity index (χ2v) is 2.77. The molecule has 0 aromatic heterocycles. The maximum Gasteiger partial charge on any atom is 0.186 e. The first-order valence-electron chi connectivity index (χ1n) is 3.25. The molecular formula is C8H10O2S. The molecule has 1 rings (SSSR count). The van der Waals surface area contributed by atoms with Crippen LogP contribution in [0, 0.1) is 0 Å². The van der Waals surface area contributed by atoms with E-state index in [2.05, 4.69) is 0 Å². The summed E-state index contributed by atoms with van der Waals surface area (Å²) in [6.07, 6.45) is 1.97. The van der Waals surface area contributed by atoms with E-state index in [1.165, 1.54) is 0 Å². The van der Waals surface area contributed by atoms with E-state index < -0.39 is 0 Å². The lowest BCUT2D eigenvalue weighted by molar-refractivity contribution is 0.0959. The van der Waals surface area contributed by atoms with Gasteiger partial charge in [-0.05, 0) is 18.4 Å². The molecular weight excluding hydrogens is 160 g/mol. The molecule has 1 N–H and O–H groups in total. The molecule has 0 heterocycles. The summed E-state index contributed by atoms with van der Waals surface area (Å²) in [7, 11) is 0. The van der Waals surface area contributed by atoms with Crippen molar-refractivity contribution in [3.05, 3.63) is 24.3 Å². The maximum atomic E-state index is 8.51. The Morgan fingerprint density at radius 3 is 2.82 bits per heavy atom. The van der Waals surface area contributed by atoms with Gasteiger partial charge in [0.2, 0.25) is 0 Å². The van der Waals surface area contributed by atoms with Crippen molar-refractivity contribution in [2.45, 2.75) is 4.90 Å². The second kappa shape index (κ2) is 4.26. The summed E-state index contributed by atoms with van der Waals surface area (Å²) in [4.78, 5) is 1.04. The monoisotopic (exact) mass is 170 g/mol. The molecule has 3 heteroatoms. The van der Waals surface area contributed by atoms with Crippen molar-refractivity contribution in [1.29, 1.82) is 0 Å². The fraction of sp³-hybridized carbons (Fsp3) is 0.250. The number of para-hydroxylation sites is 1. The van der Waals surface area contributed by atoms with Crippen molar-refractivity contribution in [3.8, 4) is 5.75 Å². The van der Waals surface area contributed by atoms with Crippen molar-refractivity contribution in [1.82, 2.24) is 0 Å². The molecule has 0 atom stereocenters. The first-order valence-corrected chi connectivity index (χ1v) is 4.47. The van der Waals surface area contributed by atoms with Gasteiger partial charge in [-0.1, -0.05) is 12.1 Å². The summed E-state index contributed by atoms with van der Waals surface area (Å²) in [5.74, 6) is 0.738. The molecule has 60 valence electrons. The van der Waals surface area contributed by atoms with E-state index in [4.69, 9.17) is 9.84 Å². The smallest absolute Gasteiger partial charge is 0.186 e. The van der Waals surface area contributed by atoms with Gasteiger partial charge in [0, 0.05) is 4.90 Å². The fourth-order valence-corrected chi connectivity index (χ4v) is 1.35. The minimum Gasteiger partial charge on any atom is -0.467 e. The molecule has 0 amide bonds. The number of ether oxygens (including phenoxy) is 1. The lowest BCUT2D eigenvalue weighted by atomic mass is 10.3. The average molecular weight is 170 g/mol. The molecule has 0 unspecified atom stereocenters. The largest absolute Gasteiger partial charge is 0.467 e. The Bertz CT molecular complexity index is 225. The van der Waals surface area contributed by atoms with E-state index in [1.807, 2.05) is 30.5 Å². The van der Waals surface area contributed by atoms with Crippen LogP contribution in [0.2, 0.25) is 0 Å². The zero-order chi connectivity index (χ0) is 8.10. The minimum absolute atomic E-state index is 0.266. The Hall–Kier alpha value is -0.670. The van der Waals surface area contributed by atoms with Crippen LogP contribution in [0.4, 0.5) is 0 Å². The summed E-state index contributed by atoms with van der Waals surface area (Å²) < 4.78 is 4.96. The summed E-state index contributed by atoms with van der Waals surface area (Å²) in [5.41, 5.74) is 0. The Kier molecular flexibility index (Phi) is 3.26. The van der Waals surface area contributed by atoms with Gasteiger partial charge >= 0.3 is 0 Å². The third kappa shape index (κ3) is 2.13. The number of benzene rings is 1. The van der Waals surface area contributed by atoms with Gasteiger partial charge in [0.1, 0.15) is 5.75 Å². The lowest BCUT2D eigenvalue weighted by Gasteiger charge is -2.05. The van der Waals surface area contributed by atoms with Gasteiger partial charge in [0.05, 0.1) is 0 Å². The molecule has 0 spiro atoms. The van der Waals surface area contributed by atoms with Gasteiger partial charge in [-0.2, -0.15) is 0 Å². The quantitative estimate of drug-likeness (QED) is 0.553. The summed E-state index contributed by atoms with van der Waals surface area (Å²) in [5, 5.41) is 8.51. The van der Waals surface area contributed by atoms with Crippen LogP contribution in [0.5, 0.6) is 5.75 Å². The van der Waals surface area contributed by atoms with Crippen LogP contribution in [0.1, 0.15) is 0 Å². The molecule has 0 radical (unpaired) electrons. The van der Waals surface area contributed by atoms with Crippen LogP contribution in [-0.2, 0) is 0 Å². The van der Waals surface area contributed by atoms with Crippen LogP contribution >= 0.6 is 11.8 Å². The van der Waals surface area contributed by atoms with Crippen LogP contribution in [-0.4, -0.2) is 18.2 Å². The highest BCUT2D eigenvalue weighted by atomic mass is 32.2. The van der Waals surface area contributed by atoms with Crippen molar-refractivity contribution < 1.29 is 9.84 Å². The Labute approximate surface area is 70.2 Å². The third-order valence-corrected chi connectivity index (χ3v) is 2.07. The number of hydrogen-bond donors (Lipinski definition) is 1. The minimum atomic E-state index is -0.266. The molecule has 1 aromatic carbocycles. The van der Waals surface area contributed by atoms with Gasteiger partial charge in [0.15, 0.2) is 6.79 Å². The molecule has 2 nitrogen and oxygen atoms in total. The molecule has 0 fully saturated rings. The molecule has 0 aliphatic heterocycles. The molecule has 1 aromatic rings. The SMILES string of the molecule is CSc1ccccc1OCO. The van der Waals surface area contributed by atoms with Gasteiger partial charge in [-0.15, -0.1) is 11.8 Å². The van der Waals surface area contributed by atoms with E-state index in [9.17, 15) is 0 Å². The molecule has 0 saturated carbocycles. The zero-order valence-electron chi connectivity index (χ0n) is 6.28. The molecule has 11 heavy (non-hydrogen) atoms. The van der Waals surface area contributed by atoms with E-state index in [0.717, 1.165) is 10.6 Å². The number of thioether (sulfide) groups is 1. The molecule has 0 bridgehead atoms. The predicted molar refractivity (Wildman–Crippen MR) is 45.9 cm³/mol. The zero-order valence-corrected chi connectivity index (χ0v) is 7.10. The van der Waals surface area contributed by atoms with Gasteiger partial charge < -0.3 is 9.84 Å². The van der Waals surface area contributed by atoms with Crippen LogP contribution < -0.4 is 4.74 Å². The van der Waals surface area contributed by atoms with Crippen LogP contribution in [0.15, 0.2) is 29.2 Å². The molecule has 0 aliphatic carbocycles. The second-order valence-electron chi connectivity index (χ2n) is 1.92. The van der Waals surface area contributed by atoms with Crippen LogP contribution in [0.3, 0.4) is 0 Å². The van der Waals surface area contributed by atoms with Crippen molar-refractivity contribution in [2.75, 3.05) is 13.0 Å². The summed E-state index contributed by atoms with van der Waals surface area (Å²) in [6.45, 7) is -0.266. The standard InChI is InChI=1S/C8H10O2S/c1-11-8-5-3-2-4-7(8)10-6-9/h2-5,9H,6H2,1H3. The number of aliphatic hydroxyl groups is 1. The van der Waals surface area contributed by atoms with Gasteiger partial charge in [-0.25, -0.2) is 0 Å². The Morgan fingerprint density at radius 2 is 2.18 bits per heavy atom. The third-order valence-electron chi connectivity index (χ3n) is 1.29. The Balaban J connectivity index is 2.83. The van der Waals surface area contributed by atoms with Crippen LogP contribution in [0.25, 0.3) is 0 Å². The fourth-order valence-electron chi connectivity index (χ4n) is 0.808. The lowest BCUT2D eigenvalue weighted by Crippen LogP contribution is -1.95. The van der Waals surface area contributed by atoms with Gasteiger partial charge in [-0.3, -0.25) is 0 Å². The van der Waals surface area contributed by atoms with E-state index in [-0.39, 0.29) is 6.79 Å². The number of aliphatic hydroxyl groups excluding tert-OH is 1. The highest BCUT2D eigenvalue weighted by Crippen LogP contribution is 2.26. The molecule has 0 saturated heterocycles. The normalized spacial score (nSPS) is 9.64. The van der Waals surface area contributed by atoms with Crippen molar-refractivity contribution in [2.24, 2.45) is 0 Å². The molecule has 0 aliphatic rings. The first kappa shape index (κ1) is 8.43. The van der Waals surface area contributed by atoms with Gasteiger partial charge in [0.25, 0.3) is 0 Å². The van der Waals surface area contributed by atoms with E-state index in [0.29, 0.717) is 0 Å². The maximum absolute atomic E-state index is 8.51. The topological polar surface area (TPSA) is 29.5 Å². The summed E-state index contributed by atoms with van der Waals surface area (Å²) >= 11 is 1.60. The van der Waals surface area contributed by atoms with Crippen molar-refractivity contribution in [3.63, 3.8) is 0 Å².